The van der Waals surface area contributed by atoms with Gasteiger partial charge in [-0.1, -0.05) is 66.7 Å². The quantitative estimate of drug-likeness (QED) is 0.393. The first-order valence-corrected chi connectivity index (χ1v) is 10.2. The van der Waals surface area contributed by atoms with Gasteiger partial charge in [0.05, 0.1) is 5.69 Å². The predicted octanol–water partition coefficient (Wildman–Crippen LogP) is 4.36. The minimum absolute atomic E-state index is 0.0870. The van der Waals surface area contributed by atoms with Crippen molar-refractivity contribution >= 4 is 40.5 Å². The molecule has 4 aromatic rings. The molecule has 0 atom stereocenters. The Bertz CT molecular complexity index is 1370. The molecule has 32 heavy (non-hydrogen) atoms. The van der Waals surface area contributed by atoms with Gasteiger partial charge in [0, 0.05) is 29.2 Å². The van der Waals surface area contributed by atoms with Gasteiger partial charge in [-0.3, -0.25) is 14.9 Å². The lowest BCUT2D eigenvalue weighted by atomic mass is 10.1. The highest BCUT2D eigenvalue weighted by Gasteiger charge is 2.36. The average Bonchev–Trinajstić information content (AvgIpc) is 3.15. The van der Waals surface area contributed by atoms with Crippen LogP contribution in [0.3, 0.4) is 0 Å². The van der Waals surface area contributed by atoms with Crippen LogP contribution in [0.5, 0.6) is 0 Å². The summed E-state index contributed by atoms with van der Waals surface area (Å²) in [4.78, 5) is 39.1. The highest BCUT2D eigenvalue weighted by Crippen LogP contribution is 2.27. The molecule has 1 fully saturated rings. The second kappa shape index (κ2) is 8.00. The molecule has 1 aromatic heterocycles. The molecule has 0 unspecified atom stereocenters. The van der Waals surface area contributed by atoms with E-state index in [4.69, 9.17) is 0 Å². The Kier molecular flexibility index (Phi) is 4.88. The number of carbonyl (C=O) groups is 3. The Morgan fingerprint density at radius 3 is 2.19 bits per heavy atom. The summed E-state index contributed by atoms with van der Waals surface area (Å²) in [6, 6.07) is 25.7. The smallest absolute Gasteiger partial charge is 0.335 e. The van der Waals surface area contributed by atoms with Crippen molar-refractivity contribution in [3.8, 4) is 0 Å². The SMILES string of the molecule is O=C1NC(=O)N(c2ccccc2)C(=O)/C1=C/c1cn(Cc2ccccc2)c2ccccc12. The Hall–Kier alpha value is -4.45. The van der Waals surface area contributed by atoms with Gasteiger partial charge >= 0.3 is 6.03 Å². The summed E-state index contributed by atoms with van der Waals surface area (Å²) < 4.78 is 2.09. The van der Waals surface area contributed by atoms with E-state index in [0.717, 1.165) is 26.9 Å². The molecule has 0 aliphatic carbocycles. The maximum Gasteiger partial charge on any atom is 0.335 e. The zero-order valence-corrected chi connectivity index (χ0v) is 17.1. The van der Waals surface area contributed by atoms with E-state index in [2.05, 4.69) is 9.88 Å². The Morgan fingerprint density at radius 1 is 0.781 bits per heavy atom. The molecule has 6 heteroatoms. The van der Waals surface area contributed by atoms with E-state index < -0.39 is 17.8 Å². The number of barbiturate groups is 1. The van der Waals surface area contributed by atoms with E-state index >= 15 is 0 Å². The Morgan fingerprint density at radius 2 is 1.44 bits per heavy atom. The molecule has 1 saturated heterocycles. The maximum atomic E-state index is 13.2. The molecule has 0 saturated carbocycles. The number of carbonyl (C=O) groups excluding carboxylic acids is 3. The molecule has 6 nitrogen and oxygen atoms in total. The van der Waals surface area contributed by atoms with Gasteiger partial charge in [-0.25, -0.2) is 9.69 Å². The van der Waals surface area contributed by atoms with Crippen molar-refractivity contribution in [2.75, 3.05) is 4.90 Å². The van der Waals surface area contributed by atoms with Crippen molar-refractivity contribution in [1.29, 1.82) is 0 Å². The van der Waals surface area contributed by atoms with E-state index in [1.165, 1.54) is 0 Å². The topological polar surface area (TPSA) is 71.4 Å². The van der Waals surface area contributed by atoms with Crippen LogP contribution in [-0.2, 0) is 16.1 Å². The third-order valence-corrected chi connectivity index (χ3v) is 5.43. The number of hydrogen-bond acceptors (Lipinski definition) is 3. The van der Waals surface area contributed by atoms with E-state index in [9.17, 15) is 14.4 Å². The number of amides is 4. The molecule has 1 N–H and O–H groups in total. The van der Waals surface area contributed by atoms with Crippen molar-refractivity contribution in [3.05, 3.63) is 108 Å². The van der Waals surface area contributed by atoms with Gasteiger partial charge in [-0.2, -0.15) is 0 Å². The Balaban J connectivity index is 1.58. The van der Waals surface area contributed by atoms with Gasteiger partial charge in [0.15, 0.2) is 0 Å². The van der Waals surface area contributed by atoms with Crippen molar-refractivity contribution in [2.24, 2.45) is 0 Å². The highest BCUT2D eigenvalue weighted by atomic mass is 16.2. The minimum Gasteiger partial charge on any atom is -0.342 e. The van der Waals surface area contributed by atoms with Crippen LogP contribution in [0.15, 0.2) is 96.7 Å². The molecule has 5 rings (SSSR count). The van der Waals surface area contributed by atoms with Crippen LogP contribution in [0.1, 0.15) is 11.1 Å². The summed E-state index contributed by atoms with van der Waals surface area (Å²) in [6.07, 6.45) is 3.48. The fourth-order valence-electron chi connectivity index (χ4n) is 3.93. The zero-order valence-electron chi connectivity index (χ0n) is 17.1. The molecule has 2 heterocycles. The van der Waals surface area contributed by atoms with E-state index in [1.807, 2.05) is 60.8 Å². The summed E-state index contributed by atoms with van der Waals surface area (Å²) in [5.41, 5.74) is 3.18. The third-order valence-electron chi connectivity index (χ3n) is 5.43. The summed E-state index contributed by atoms with van der Waals surface area (Å²) in [5.74, 6) is -1.35. The third kappa shape index (κ3) is 3.48. The number of nitrogens with zero attached hydrogens (tertiary/aromatic N) is 2. The van der Waals surface area contributed by atoms with Crippen molar-refractivity contribution in [2.45, 2.75) is 6.54 Å². The molecular formula is C26H19N3O3. The van der Waals surface area contributed by atoms with Gasteiger partial charge in [0.25, 0.3) is 11.8 Å². The standard InChI is InChI=1S/C26H19N3O3/c30-24-22(25(31)29(26(32)27-24)20-11-5-2-6-12-20)15-19-17-28(16-18-9-3-1-4-10-18)23-14-8-7-13-21(19)23/h1-15,17H,16H2,(H,27,30,32)/b22-15+. The number of aromatic nitrogens is 1. The number of para-hydroxylation sites is 2. The number of hydrogen-bond donors (Lipinski definition) is 1. The van der Waals surface area contributed by atoms with Crippen LogP contribution >= 0.6 is 0 Å². The summed E-state index contributed by atoms with van der Waals surface area (Å²) >= 11 is 0. The largest absolute Gasteiger partial charge is 0.342 e. The van der Waals surface area contributed by atoms with Gasteiger partial charge in [-0.15, -0.1) is 0 Å². The van der Waals surface area contributed by atoms with Gasteiger partial charge in [0.2, 0.25) is 0 Å². The van der Waals surface area contributed by atoms with E-state index in [1.54, 1.807) is 36.4 Å². The number of rotatable bonds is 4. The molecule has 0 radical (unpaired) electrons. The second-order valence-corrected chi connectivity index (χ2v) is 7.51. The predicted molar refractivity (Wildman–Crippen MR) is 123 cm³/mol. The average molecular weight is 421 g/mol. The van der Waals surface area contributed by atoms with Crippen LogP contribution in [0, 0.1) is 0 Å². The number of nitrogens with one attached hydrogen (secondary N) is 1. The number of imide groups is 2. The lowest BCUT2D eigenvalue weighted by Crippen LogP contribution is -2.54. The van der Waals surface area contributed by atoms with Crippen LogP contribution in [0.25, 0.3) is 17.0 Å². The fourth-order valence-corrected chi connectivity index (χ4v) is 3.93. The zero-order chi connectivity index (χ0) is 22.1. The maximum absolute atomic E-state index is 13.2. The van der Waals surface area contributed by atoms with E-state index in [0.29, 0.717) is 12.2 Å². The molecular weight excluding hydrogens is 402 g/mol. The molecule has 0 bridgehead atoms. The van der Waals surface area contributed by atoms with Gasteiger partial charge < -0.3 is 4.57 Å². The first-order valence-electron chi connectivity index (χ1n) is 10.2. The highest BCUT2D eigenvalue weighted by molar-refractivity contribution is 6.39. The summed E-state index contributed by atoms with van der Waals surface area (Å²) in [6.45, 7) is 0.652. The van der Waals surface area contributed by atoms with E-state index in [-0.39, 0.29) is 5.57 Å². The van der Waals surface area contributed by atoms with Crippen molar-refractivity contribution in [3.63, 3.8) is 0 Å². The number of anilines is 1. The van der Waals surface area contributed by atoms with Crippen molar-refractivity contribution < 1.29 is 14.4 Å². The molecule has 1 aliphatic heterocycles. The fraction of sp³-hybridized carbons (Fsp3) is 0.0385. The first kappa shape index (κ1) is 19.5. The number of urea groups is 1. The van der Waals surface area contributed by atoms with Crippen molar-refractivity contribution in [1.82, 2.24) is 9.88 Å². The van der Waals surface area contributed by atoms with Crippen LogP contribution in [-0.4, -0.2) is 22.4 Å². The molecule has 156 valence electrons. The summed E-state index contributed by atoms with van der Waals surface area (Å²) in [7, 11) is 0. The lowest BCUT2D eigenvalue weighted by Gasteiger charge is -2.26. The van der Waals surface area contributed by atoms with Gasteiger partial charge in [-0.05, 0) is 29.8 Å². The number of fused-ring (bicyclic) bond motifs is 1. The molecule has 3 aromatic carbocycles. The number of benzene rings is 3. The second-order valence-electron chi connectivity index (χ2n) is 7.51. The Labute approximate surface area is 184 Å². The molecule has 4 amide bonds. The van der Waals surface area contributed by atoms with Crippen LogP contribution in [0.2, 0.25) is 0 Å². The normalized spacial score (nSPS) is 15.4. The van der Waals surface area contributed by atoms with Gasteiger partial charge in [0.1, 0.15) is 5.57 Å². The monoisotopic (exact) mass is 421 g/mol. The van der Waals surface area contributed by atoms with Crippen LogP contribution in [0.4, 0.5) is 10.5 Å². The summed E-state index contributed by atoms with van der Waals surface area (Å²) in [5, 5.41) is 3.19. The molecule has 0 spiro atoms. The van der Waals surface area contributed by atoms with Crippen LogP contribution < -0.4 is 10.2 Å². The minimum atomic E-state index is -0.755. The first-order chi connectivity index (χ1) is 15.6. The molecule has 1 aliphatic rings. The lowest BCUT2D eigenvalue weighted by molar-refractivity contribution is -0.122.